The number of H-pyrrole nitrogens is 2. The molecule has 0 amide bonds. The second-order valence-corrected chi connectivity index (χ2v) is 5.73. The van der Waals surface area contributed by atoms with Crippen LogP contribution in [0.25, 0.3) is 0 Å². The average Bonchev–Trinajstić information content (AvgIpc) is 2.13. The van der Waals surface area contributed by atoms with Crippen LogP contribution < -0.4 is 16.0 Å². The Labute approximate surface area is 103 Å². The first kappa shape index (κ1) is 14.6. The van der Waals surface area contributed by atoms with E-state index >= 15 is 0 Å². The Morgan fingerprint density at radius 3 is 2.50 bits per heavy atom. The van der Waals surface area contributed by atoms with Gasteiger partial charge in [-0.25, -0.2) is 17.9 Å². The molecule has 1 aromatic heterocycles. The molecular weight excluding hydrogens is 262 g/mol. The molecule has 1 aromatic rings. The number of aromatic amines is 2. The van der Waals surface area contributed by atoms with E-state index in [1.54, 1.807) is 6.92 Å². The minimum Gasteiger partial charge on any atom is -0.393 e. The lowest BCUT2D eigenvalue weighted by atomic mass is 10.2. The Kier molecular flexibility index (Phi) is 4.43. The number of aliphatic hydroxyl groups is 1. The van der Waals surface area contributed by atoms with Gasteiger partial charge >= 0.3 is 5.69 Å². The Hall–Kier alpha value is -1.45. The third-order valence-corrected chi connectivity index (χ3v) is 3.72. The number of hydrogen-bond donors (Lipinski definition) is 4. The molecule has 0 saturated heterocycles. The molecule has 0 aromatic carbocycles. The van der Waals surface area contributed by atoms with E-state index in [1.807, 2.05) is 4.98 Å². The van der Waals surface area contributed by atoms with Crippen molar-refractivity contribution in [1.29, 1.82) is 0 Å². The predicted molar refractivity (Wildman–Crippen MR) is 63.8 cm³/mol. The maximum Gasteiger partial charge on any atom is 0.325 e. The van der Waals surface area contributed by atoms with Gasteiger partial charge in [-0.2, -0.15) is 0 Å². The van der Waals surface area contributed by atoms with Gasteiger partial charge in [0.15, 0.2) is 4.90 Å². The highest BCUT2D eigenvalue weighted by Gasteiger charge is 2.21. The second kappa shape index (κ2) is 5.46. The maximum absolute atomic E-state index is 11.8. The Bertz CT molecular complexity index is 616. The van der Waals surface area contributed by atoms with Crippen LogP contribution in [0.4, 0.5) is 0 Å². The van der Waals surface area contributed by atoms with Crippen molar-refractivity contribution in [1.82, 2.24) is 14.7 Å². The molecule has 4 N–H and O–H groups in total. The van der Waals surface area contributed by atoms with Crippen LogP contribution >= 0.6 is 0 Å². The molecule has 8 nitrogen and oxygen atoms in total. The Balaban J connectivity index is 3.00. The Morgan fingerprint density at radius 2 is 2.00 bits per heavy atom. The zero-order valence-corrected chi connectivity index (χ0v) is 10.7. The largest absolute Gasteiger partial charge is 0.393 e. The lowest BCUT2D eigenvalue weighted by Crippen LogP contribution is -2.38. The van der Waals surface area contributed by atoms with E-state index in [9.17, 15) is 18.0 Å². The van der Waals surface area contributed by atoms with E-state index in [0.717, 1.165) is 6.20 Å². The van der Waals surface area contributed by atoms with Gasteiger partial charge in [-0.15, -0.1) is 0 Å². The highest BCUT2D eigenvalue weighted by atomic mass is 32.2. The van der Waals surface area contributed by atoms with E-state index in [4.69, 9.17) is 5.11 Å². The first-order chi connectivity index (χ1) is 8.22. The minimum absolute atomic E-state index is 0.209. The summed E-state index contributed by atoms with van der Waals surface area (Å²) in [7, 11) is -4.03. The van der Waals surface area contributed by atoms with Crippen molar-refractivity contribution in [3.63, 3.8) is 0 Å². The summed E-state index contributed by atoms with van der Waals surface area (Å²) in [5, 5.41) is 9.13. The molecule has 2 atom stereocenters. The number of rotatable bonds is 5. The third-order valence-electron chi connectivity index (χ3n) is 2.13. The van der Waals surface area contributed by atoms with Gasteiger partial charge in [-0.1, -0.05) is 0 Å². The lowest BCUT2D eigenvalue weighted by Gasteiger charge is -2.14. The topological polar surface area (TPSA) is 132 Å². The summed E-state index contributed by atoms with van der Waals surface area (Å²) < 4.78 is 25.9. The zero-order valence-electron chi connectivity index (χ0n) is 9.93. The summed E-state index contributed by atoms with van der Waals surface area (Å²) in [6.45, 7) is 3.09. The molecule has 9 heteroatoms. The van der Waals surface area contributed by atoms with Gasteiger partial charge < -0.3 is 10.1 Å². The molecule has 1 rings (SSSR count). The molecular formula is C9H15N3O5S. The van der Waals surface area contributed by atoms with Gasteiger partial charge in [0.2, 0.25) is 10.0 Å². The standard InChI is InChI=1S/C9H15N3O5S/c1-5(3-6(2)13)12-18(16,17)7-4-10-9(15)11-8(7)14/h4-6,12-13H,3H2,1-2H3,(H2,10,11,14,15). The summed E-state index contributed by atoms with van der Waals surface area (Å²) in [5.74, 6) is 0. The normalized spacial score (nSPS) is 15.3. The number of aromatic nitrogens is 2. The second-order valence-electron chi connectivity index (χ2n) is 4.04. The predicted octanol–water partition coefficient (Wildman–Crippen LogP) is -1.50. The maximum atomic E-state index is 11.8. The van der Waals surface area contributed by atoms with Gasteiger partial charge in [0.1, 0.15) is 0 Å². The van der Waals surface area contributed by atoms with Crippen LogP contribution in [0.3, 0.4) is 0 Å². The zero-order chi connectivity index (χ0) is 13.9. The fourth-order valence-electron chi connectivity index (χ4n) is 1.49. The molecule has 0 aliphatic carbocycles. The number of sulfonamides is 1. The third kappa shape index (κ3) is 3.79. The van der Waals surface area contributed by atoms with E-state index in [1.165, 1.54) is 6.92 Å². The summed E-state index contributed by atoms with van der Waals surface area (Å²) in [6.07, 6.45) is 0.371. The molecule has 1 heterocycles. The molecule has 102 valence electrons. The Morgan fingerprint density at radius 1 is 1.39 bits per heavy atom. The van der Waals surface area contributed by atoms with E-state index < -0.39 is 38.3 Å². The number of aliphatic hydroxyl groups excluding tert-OH is 1. The summed E-state index contributed by atoms with van der Waals surface area (Å²) in [6, 6.07) is -0.540. The first-order valence-electron chi connectivity index (χ1n) is 5.25. The van der Waals surface area contributed by atoms with Gasteiger partial charge in [-0.05, 0) is 20.3 Å². The van der Waals surface area contributed by atoms with Crippen LogP contribution in [-0.2, 0) is 10.0 Å². The quantitative estimate of drug-likeness (QED) is 0.520. The molecule has 18 heavy (non-hydrogen) atoms. The highest BCUT2D eigenvalue weighted by molar-refractivity contribution is 7.89. The van der Waals surface area contributed by atoms with Crippen molar-refractivity contribution in [3.05, 3.63) is 27.0 Å². The van der Waals surface area contributed by atoms with Gasteiger partial charge in [-0.3, -0.25) is 9.78 Å². The van der Waals surface area contributed by atoms with Crippen LogP contribution in [0.2, 0.25) is 0 Å². The van der Waals surface area contributed by atoms with Crippen molar-refractivity contribution in [2.24, 2.45) is 0 Å². The molecule has 0 aliphatic heterocycles. The number of hydrogen-bond acceptors (Lipinski definition) is 5. The van der Waals surface area contributed by atoms with Crippen molar-refractivity contribution in [2.75, 3.05) is 0 Å². The highest BCUT2D eigenvalue weighted by Crippen LogP contribution is 2.03. The fourth-order valence-corrected chi connectivity index (χ4v) is 2.75. The number of nitrogens with one attached hydrogen (secondary N) is 3. The van der Waals surface area contributed by atoms with Gasteiger partial charge in [0.05, 0.1) is 6.10 Å². The minimum atomic E-state index is -4.03. The molecule has 2 unspecified atom stereocenters. The van der Waals surface area contributed by atoms with Crippen molar-refractivity contribution in [3.8, 4) is 0 Å². The van der Waals surface area contributed by atoms with Crippen LogP contribution in [0.5, 0.6) is 0 Å². The lowest BCUT2D eigenvalue weighted by molar-refractivity contribution is 0.175. The summed E-state index contributed by atoms with van der Waals surface area (Å²) >= 11 is 0. The van der Waals surface area contributed by atoms with Crippen molar-refractivity contribution >= 4 is 10.0 Å². The van der Waals surface area contributed by atoms with E-state index in [0.29, 0.717) is 0 Å². The summed E-state index contributed by atoms with van der Waals surface area (Å²) in [5.41, 5.74) is -1.77. The molecule has 0 aliphatic rings. The van der Waals surface area contributed by atoms with Crippen molar-refractivity contribution < 1.29 is 13.5 Å². The van der Waals surface area contributed by atoms with Crippen molar-refractivity contribution in [2.45, 2.75) is 37.3 Å². The van der Waals surface area contributed by atoms with Crippen LogP contribution in [-0.4, -0.2) is 35.6 Å². The van der Waals surface area contributed by atoms with Crippen LogP contribution in [0.15, 0.2) is 20.7 Å². The van der Waals surface area contributed by atoms with E-state index in [2.05, 4.69) is 9.71 Å². The van der Waals surface area contributed by atoms with Gasteiger partial charge in [0.25, 0.3) is 5.56 Å². The fraction of sp³-hybridized carbons (Fsp3) is 0.556. The van der Waals surface area contributed by atoms with E-state index in [-0.39, 0.29) is 6.42 Å². The van der Waals surface area contributed by atoms with Gasteiger partial charge in [0, 0.05) is 12.2 Å². The SMILES string of the molecule is CC(O)CC(C)NS(=O)(=O)c1c[nH]c(=O)[nH]c1=O. The molecule has 0 bridgehead atoms. The first-order valence-corrected chi connectivity index (χ1v) is 6.73. The smallest absolute Gasteiger partial charge is 0.325 e. The summed E-state index contributed by atoms with van der Waals surface area (Å²) in [4.78, 5) is 25.5. The average molecular weight is 277 g/mol. The molecule has 0 saturated carbocycles. The monoisotopic (exact) mass is 277 g/mol. The van der Waals surface area contributed by atoms with Crippen LogP contribution in [0.1, 0.15) is 20.3 Å². The molecule has 0 fully saturated rings. The molecule has 0 radical (unpaired) electrons. The van der Waals surface area contributed by atoms with Crippen LogP contribution in [0, 0.1) is 0 Å². The molecule has 0 spiro atoms.